The first-order chi connectivity index (χ1) is 19.7. The molecule has 5 rings (SSSR count). The number of ether oxygens (including phenoxy) is 2. The van der Waals surface area contributed by atoms with Gasteiger partial charge in [0.05, 0.1) is 22.8 Å². The maximum atomic E-state index is 13.5. The number of esters is 2. The molecule has 1 aliphatic carbocycles. The van der Waals surface area contributed by atoms with Gasteiger partial charge in [0.15, 0.2) is 6.61 Å². The van der Waals surface area contributed by atoms with Crippen molar-refractivity contribution in [3.05, 3.63) is 80.2 Å². The zero-order chi connectivity index (χ0) is 29.1. The standard InChI is InChI=1S/C29H29ClN2O7S2/c1-2-38-29(35)26-21-9-5-6-10-23(21)40-27(26)31-25(33)17-39-28(34)19-11-12-22(30)24(15-19)41(36,37)32-14-13-18-7-3-4-8-20(18)16-32/h3-4,7-8,11-12,15H,2,5-6,9-10,13-14,16-17H2,1H3,(H,31,33). The first kappa shape index (κ1) is 29.2. The highest BCUT2D eigenvalue weighted by Gasteiger charge is 2.31. The number of thiophene rings is 1. The summed E-state index contributed by atoms with van der Waals surface area (Å²) in [6.45, 7) is 1.77. The van der Waals surface area contributed by atoms with E-state index in [1.165, 1.54) is 33.8 Å². The highest BCUT2D eigenvalue weighted by molar-refractivity contribution is 7.89. The van der Waals surface area contributed by atoms with E-state index >= 15 is 0 Å². The van der Waals surface area contributed by atoms with E-state index in [-0.39, 0.29) is 35.2 Å². The van der Waals surface area contributed by atoms with Crippen molar-refractivity contribution in [1.29, 1.82) is 0 Å². The van der Waals surface area contributed by atoms with Crippen molar-refractivity contribution < 1.29 is 32.3 Å². The molecule has 2 aliphatic rings. The van der Waals surface area contributed by atoms with Gasteiger partial charge < -0.3 is 14.8 Å². The quantitative estimate of drug-likeness (QED) is 0.354. The SMILES string of the molecule is CCOC(=O)c1c(NC(=O)COC(=O)c2ccc(Cl)c(S(=O)(=O)N3CCc4ccccc4C3)c2)sc2c1CCCC2. The Labute approximate surface area is 247 Å². The minimum atomic E-state index is -4.01. The van der Waals surface area contributed by atoms with Crippen molar-refractivity contribution >= 4 is 55.8 Å². The van der Waals surface area contributed by atoms with E-state index in [0.29, 0.717) is 17.0 Å². The van der Waals surface area contributed by atoms with Crippen molar-refractivity contribution in [3.8, 4) is 0 Å². The second-order valence-electron chi connectivity index (χ2n) is 9.76. The van der Waals surface area contributed by atoms with Gasteiger partial charge in [0.1, 0.15) is 9.90 Å². The van der Waals surface area contributed by atoms with E-state index in [0.717, 1.165) is 47.3 Å². The molecule has 0 unspecified atom stereocenters. The van der Waals surface area contributed by atoms with Crippen molar-refractivity contribution in [2.45, 2.75) is 50.5 Å². The molecule has 0 saturated heterocycles. The number of aryl methyl sites for hydroxylation is 1. The van der Waals surface area contributed by atoms with Crippen molar-refractivity contribution in [1.82, 2.24) is 4.31 Å². The third-order valence-corrected chi connectivity index (χ3v) is 10.7. The van der Waals surface area contributed by atoms with Crippen LogP contribution in [0.1, 0.15) is 62.0 Å². The van der Waals surface area contributed by atoms with Crippen LogP contribution < -0.4 is 5.32 Å². The number of rotatable bonds is 8. The molecular weight excluding hydrogens is 588 g/mol. The average molecular weight is 617 g/mol. The van der Waals surface area contributed by atoms with Crippen LogP contribution in [0.5, 0.6) is 0 Å². The van der Waals surface area contributed by atoms with Gasteiger partial charge in [-0.25, -0.2) is 18.0 Å². The van der Waals surface area contributed by atoms with Crippen LogP contribution in [0.3, 0.4) is 0 Å². The van der Waals surface area contributed by atoms with Crippen LogP contribution in [0.15, 0.2) is 47.4 Å². The zero-order valence-electron chi connectivity index (χ0n) is 22.4. The van der Waals surface area contributed by atoms with Gasteiger partial charge in [0, 0.05) is 18.0 Å². The lowest BCUT2D eigenvalue weighted by molar-refractivity contribution is -0.119. The molecule has 0 radical (unpaired) electrons. The van der Waals surface area contributed by atoms with E-state index < -0.39 is 34.5 Å². The normalized spacial score (nSPS) is 15.0. The smallest absolute Gasteiger partial charge is 0.341 e. The molecule has 1 aliphatic heterocycles. The molecule has 0 fully saturated rings. The van der Waals surface area contributed by atoms with Gasteiger partial charge in [0.2, 0.25) is 10.0 Å². The number of nitrogens with zero attached hydrogens (tertiary/aromatic N) is 1. The van der Waals surface area contributed by atoms with Gasteiger partial charge in [0.25, 0.3) is 5.91 Å². The topological polar surface area (TPSA) is 119 Å². The number of hydrogen-bond acceptors (Lipinski definition) is 8. The third-order valence-electron chi connectivity index (χ3n) is 7.12. The van der Waals surface area contributed by atoms with Crippen LogP contribution >= 0.6 is 22.9 Å². The van der Waals surface area contributed by atoms with Crippen LogP contribution in [0.2, 0.25) is 5.02 Å². The number of nitrogens with one attached hydrogen (secondary N) is 1. The molecule has 12 heteroatoms. The predicted molar refractivity (Wildman–Crippen MR) is 155 cm³/mol. The Morgan fingerprint density at radius 3 is 2.54 bits per heavy atom. The largest absolute Gasteiger partial charge is 0.462 e. The fraction of sp³-hybridized carbons (Fsp3) is 0.345. The summed E-state index contributed by atoms with van der Waals surface area (Å²) < 4.78 is 38.7. The average Bonchev–Trinajstić information content (AvgIpc) is 3.33. The number of amides is 1. The summed E-state index contributed by atoms with van der Waals surface area (Å²) in [5.41, 5.74) is 3.21. The van der Waals surface area contributed by atoms with Crippen LogP contribution in [0.4, 0.5) is 5.00 Å². The zero-order valence-corrected chi connectivity index (χ0v) is 24.8. The minimum Gasteiger partial charge on any atom is -0.462 e. The molecule has 3 aromatic rings. The molecule has 216 valence electrons. The Bertz CT molecular complexity index is 1620. The molecule has 1 amide bonds. The molecule has 2 aromatic carbocycles. The summed E-state index contributed by atoms with van der Waals surface area (Å²) in [4.78, 5) is 39.0. The first-order valence-electron chi connectivity index (χ1n) is 13.3. The maximum Gasteiger partial charge on any atom is 0.341 e. The molecule has 1 N–H and O–H groups in total. The maximum absolute atomic E-state index is 13.5. The Balaban J connectivity index is 1.27. The summed E-state index contributed by atoms with van der Waals surface area (Å²) >= 11 is 7.60. The van der Waals surface area contributed by atoms with Gasteiger partial charge in [-0.1, -0.05) is 35.9 Å². The summed E-state index contributed by atoms with van der Waals surface area (Å²) in [6.07, 6.45) is 4.07. The lowest BCUT2D eigenvalue weighted by atomic mass is 9.95. The number of benzene rings is 2. The van der Waals surface area contributed by atoms with Crippen molar-refractivity contribution in [3.63, 3.8) is 0 Å². The van der Waals surface area contributed by atoms with Crippen LogP contribution in [-0.4, -0.2) is 50.3 Å². The second kappa shape index (κ2) is 12.3. The predicted octanol–water partition coefficient (Wildman–Crippen LogP) is 5.00. The molecule has 9 nitrogen and oxygen atoms in total. The van der Waals surface area contributed by atoms with Gasteiger partial charge >= 0.3 is 11.9 Å². The van der Waals surface area contributed by atoms with Gasteiger partial charge in [-0.2, -0.15) is 4.31 Å². The number of carbonyl (C=O) groups is 3. The molecular formula is C29H29ClN2O7S2. The number of halogens is 1. The lowest BCUT2D eigenvalue weighted by Gasteiger charge is -2.28. The van der Waals surface area contributed by atoms with Crippen LogP contribution in [-0.2, 0) is 50.1 Å². The van der Waals surface area contributed by atoms with E-state index in [9.17, 15) is 22.8 Å². The van der Waals surface area contributed by atoms with Crippen molar-refractivity contribution in [2.75, 3.05) is 25.1 Å². The van der Waals surface area contributed by atoms with Crippen LogP contribution in [0, 0.1) is 0 Å². The monoisotopic (exact) mass is 616 g/mol. The number of anilines is 1. The van der Waals surface area contributed by atoms with E-state index in [2.05, 4.69) is 5.32 Å². The van der Waals surface area contributed by atoms with E-state index in [1.807, 2.05) is 24.3 Å². The molecule has 2 heterocycles. The minimum absolute atomic E-state index is 0.0219. The number of carbonyl (C=O) groups excluding carboxylic acids is 3. The summed E-state index contributed by atoms with van der Waals surface area (Å²) in [5.74, 6) is -2.00. The number of hydrogen-bond donors (Lipinski definition) is 1. The molecule has 0 spiro atoms. The summed E-state index contributed by atoms with van der Waals surface area (Å²) in [5, 5.41) is 3.04. The fourth-order valence-corrected chi connectivity index (χ4v) is 8.31. The molecule has 0 bridgehead atoms. The highest BCUT2D eigenvalue weighted by atomic mass is 35.5. The Morgan fingerprint density at radius 1 is 1.00 bits per heavy atom. The van der Waals surface area contributed by atoms with Crippen molar-refractivity contribution in [2.24, 2.45) is 0 Å². The summed E-state index contributed by atoms with van der Waals surface area (Å²) in [6, 6.07) is 11.5. The van der Waals surface area contributed by atoms with Gasteiger partial charge in [-0.3, -0.25) is 4.79 Å². The van der Waals surface area contributed by atoms with E-state index in [4.69, 9.17) is 21.1 Å². The Hall–Kier alpha value is -3.25. The third kappa shape index (κ3) is 6.18. The number of sulfonamides is 1. The molecule has 1 aromatic heterocycles. The first-order valence-corrected chi connectivity index (χ1v) is 16.0. The van der Waals surface area contributed by atoms with E-state index in [1.54, 1.807) is 6.92 Å². The fourth-order valence-electron chi connectivity index (χ4n) is 5.09. The van der Waals surface area contributed by atoms with Crippen LogP contribution in [0.25, 0.3) is 0 Å². The molecule has 41 heavy (non-hydrogen) atoms. The lowest BCUT2D eigenvalue weighted by Crippen LogP contribution is -2.36. The second-order valence-corrected chi connectivity index (χ2v) is 13.2. The van der Waals surface area contributed by atoms with Gasteiger partial charge in [-0.15, -0.1) is 11.3 Å². The molecule has 0 saturated carbocycles. The summed E-state index contributed by atoms with van der Waals surface area (Å²) in [7, 11) is -4.01. The Kier molecular flexibility index (Phi) is 8.79. The molecule has 0 atom stereocenters. The van der Waals surface area contributed by atoms with Gasteiger partial charge in [-0.05, 0) is 73.9 Å². The highest BCUT2D eigenvalue weighted by Crippen LogP contribution is 2.38. The Morgan fingerprint density at radius 2 is 1.76 bits per heavy atom. The number of fused-ring (bicyclic) bond motifs is 2.